The molecule has 0 radical (unpaired) electrons. The van der Waals surface area contributed by atoms with Gasteiger partial charge in [-0.15, -0.1) is 12.6 Å². The zero-order chi connectivity index (χ0) is 44.1. The Morgan fingerprint density at radius 1 is 0.333 bits per heavy atom. The third-order valence-corrected chi connectivity index (χ3v) is 14.1. The van der Waals surface area contributed by atoms with Gasteiger partial charge in [-0.25, -0.2) is 0 Å². The Morgan fingerprint density at radius 2 is 0.682 bits per heavy atom. The van der Waals surface area contributed by atoms with Crippen LogP contribution in [-0.4, -0.2) is 6.21 Å². The van der Waals surface area contributed by atoms with Crippen molar-refractivity contribution in [2.45, 2.75) is 15.7 Å². The summed E-state index contributed by atoms with van der Waals surface area (Å²) in [5.74, 6) is 0. The van der Waals surface area contributed by atoms with Crippen molar-refractivity contribution >= 4 is 41.6 Å². The summed E-state index contributed by atoms with van der Waals surface area (Å²) in [6.07, 6.45) is 1.92. The highest BCUT2D eigenvalue weighted by Gasteiger charge is 2.48. The van der Waals surface area contributed by atoms with E-state index in [9.17, 15) is 0 Å². The van der Waals surface area contributed by atoms with E-state index in [0.29, 0.717) is 0 Å². The van der Waals surface area contributed by atoms with Gasteiger partial charge >= 0.3 is 0 Å². The molecule has 12 rings (SSSR count). The average molecular weight is 861 g/mol. The molecule has 0 amide bonds. The highest BCUT2D eigenvalue weighted by molar-refractivity contribution is 7.80. The monoisotopic (exact) mass is 860 g/mol. The van der Waals surface area contributed by atoms with E-state index in [2.05, 4.69) is 241 Å². The first-order valence-electron chi connectivity index (χ1n) is 22.6. The van der Waals surface area contributed by atoms with Crippen molar-refractivity contribution in [3.8, 4) is 22.3 Å². The summed E-state index contributed by atoms with van der Waals surface area (Å²) in [6.45, 7) is 0. The molecule has 2 nitrogen and oxygen atoms in total. The molecule has 0 aromatic heterocycles. The van der Waals surface area contributed by atoms with Gasteiger partial charge in [0.1, 0.15) is 0 Å². The Balaban J connectivity index is 1.13. The minimum Gasteiger partial charge on any atom is -0.310 e. The Kier molecular flexibility index (Phi) is 9.73. The zero-order valence-electron chi connectivity index (χ0n) is 36.2. The molecule has 0 bridgehead atoms. The van der Waals surface area contributed by atoms with Crippen molar-refractivity contribution in [2.24, 2.45) is 4.99 Å². The summed E-state index contributed by atoms with van der Waals surface area (Å²) >= 11 is 4.97. The number of anilines is 3. The second kappa shape index (κ2) is 16.2. The van der Waals surface area contributed by atoms with Gasteiger partial charge in [-0.3, -0.25) is 4.99 Å². The lowest BCUT2D eigenvalue weighted by molar-refractivity contribution is 0.767. The van der Waals surface area contributed by atoms with E-state index in [1.165, 1.54) is 66.8 Å². The second-order valence-electron chi connectivity index (χ2n) is 17.2. The molecule has 2 aliphatic rings. The van der Waals surface area contributed by atoms with E-state index in [0.717, 1.165) is 33.2 Å². The van der Waals surface area contributed by atoms with Crippen LogP contribution in [0.2, 0.25) is 0 Å². The average Bonchev–Trinajstić information content (AvgIpc) is 3.86. The van der Waals surface area contributed by atoms with Gasteiger partial charge in [-0.05, 0) is 115 Å². The normalized spacial score (nSPS) is 13.7. The first-order chi connectivity index (χ1) is 32.7. The van der Waals surface area contributed by atoms with E-state index in [1.54, 1.807) is 0 Å². The molecule has 0 spiro atoms. The minimum absolute atomic E-state index is 0.564. The first-order valence-corrected chi connectivity index (χ1v) is 23.0. The maximum absolute atomic E-state index is 5.05. The molecular formula is C63H44N2S. The summed E-state index contributed by atoms with van der Waals surface area (Å²) in [6, 6.07) is 92.8. The van der Waals surface area contributed by atoms with E-state index >= 15 is 0 Å². The van der Waals surface area contributed by atoms with Crippen LogP contribution in [0.15, 0.2) is 265 Å². The fraction of sp³-hybridized carbons (Fsp3) is 0.0317. The van der Waals surface area contributed by atoms with Crippen molar-refractivity contribution in [1.29, 1.82) is 0 Å². The van der Waals surface area contributed by atoms with Gasteiger partial charge < -0.3 is 4.90 Å². The molecule has 2 aliphatic carbocycles. The smallest absolute Gasteiger partial charge is 0.0783 e. The Hall–Kier alpha value is -7.98. The number of rotatable bonds is 9. The van der Waals surface area contributed by atoms with E-state index in [1.807, 2.05) is 24.4 Å². The number of benzene rings is 10. The lowest BCUT2D eigenvalue weighted by Crippen LogP contribution is -2.29. The second-order valence-corrected chi connectivity index (χ2v) is 17.7. The number of aliphatic imine (C=N–C) groups is 1. The Labute approximate surface area is 392 Å². The van der Waals surface area contributed by atoms with Crippen LogP contribution in [0, 0.1) is 0 Å². The minimum atomic E-state index is -0.564. The lowest BCUT2D eigenvalue weighted by atomic mass is 9.67. The molecular weight excluding hydrogens is 817 g/mol. The molecule has 66 heavy (non-hydrogen) atoms. The van der Waals surface area contributed by atoms with Crippen molar-refractivity contribution in [3.05, 3.63) is 305 Å². The van der Waals surface area contributed by atoms with Crippen LogP contribution >= 0.6 is 12.6 Å². The molecule has 0 fully saturated rings. The molecule has 0 N–H and O–H groups in total. The van der Waals surface area contributed by atoms with Crippen LogP contribution in [0.3, 0.4) is 0 Å². The molecule has 3 heteroatoms. The Morgan fingerprint density at radius 3 is 1.12 bits per heavy atom. The van der Waals surface area contributed by atoms with Gasteiger partial charge in [0.2, 0.25) is 0 Å². The highest BCUT2D eigenvalue weighted by atomic mass is 32.1. The van der Waals surface area contributed by atoms with Crippen LogP contribution in [0.1, 0.15) is 50.1 Å². The predicted molar refractivity (Wildman–Crippen MR) is 277 cm³/mol. The third-order valence-electron chi connectivity index (χ3n) is 13.8. The summed E-state index contributed by atoms with van der Waals surface area (Å²) in [4.78, 5) is 8.28. The quantitative estimate of drug-likeness (QED) is 0.113. The van der Waals surface area contributed by atoms with Crippen molar-refractivity contribution < 1.29 is 0 Å². The molecule has 0 saturated heterocycles. The highest BCUT2D eigenvalue weighted by Crippen LogP contribution is 2.59. The molecule has 0 saturated carbocycles. The molecule has 312 valence electrons. The van der Waals surface area contributed by atoms with Gasteiger partial charge in [-0.1, -0.05) is 212 Å². The van der Waals surface area contributed by atoms with Crippen LogP contribution in [0.5, 0.6) is 0 Å². The van der Waals surface area contributed by atoms with Crippen molar-refractivity contribution in [3.63, 3.8) is 0 Å². The fourth-order valence-corrected chi connectivity index (χ4v) is 11.2. The zero-order valence-corrected chi connectivity index (χ0v) is 37.1. The van der Waals surface area contributed by atoms with E-state index in [-0.39, 0.29) is 0 Å². The van der Waals surface area contributed by atoms with E-state index < -0.39 is 10.8 Å². The standard InChI is InChI=1S/C63H44N2S/c66-61-39-36-51(42-60(61)64-43-44-20-6-1-7-21-44)65(49-34-37-54-52-30-16-18-32-56(52)62(58(54)40-49,45-22-8-2-9-23-45)46-24-10-3-11-25-46)50-35-38-55-53-31-17-19-33-57(53)63(59(55)41-50,47-26-12-4-13-27-47)48-28-14-5-15-29-48/h1-43,66H. The summed E-state index contributed by atoms with van der Waals surface area (Å²) in [7, 11) is 0. The molecule has 0 heterocycles. The number of hydrogen-bond donors (Lipinski definition) is 1. The van der Waals surface area contributed by atoms with Gasteiger partial charge in [-0.2, -0.15) is 0 Å². The summed E-state index contributed by atoms with van der Waals surface area (Å²) in [5.41, 5.74) is 18.7. The van der Waals surface area contributed by atoms with Gasteiger partial charge in [0.05, 0.1) is 16.5 Å². The Bertz CT molecular complexity index is 3160. The predicted octanol–water partition coefficient (Wildman–Crippen LogP) is 15.9. The number of fused-ring (bicyclic) bond motifs is 6. The summed E-state index contributed by atoms with van der Waals surface area (Å²) < 4.78 is 0. The first kappa shape index (κ1) is 39.6. The van der Waals surface area contributed by atoms with Crippen molar-refractivity contribution in [1.82, 2.24) is 0 Å². The topological polar surface area (TPSA) is 15.6 Å². The summed E-state index contributed by atoms with van der Waals surface area (Å²) in [5, 5.41) is 0. The molecule has 10 aromatic carbocycles. The van der Waals surface area contributed by atoms with E-state index in [4.69, 9.17) is 17.6 Å². The van der Waals surface area contributed by atoms with Crippen LogP contribution < -0.4 is 4.90 Å². The molecule has 0 unspecified atom stereocenters. The van der Waals surface area contributed by atoms with Gasteiger partial charge in [0, 0.05) is 28.2 Å². The van der Waals surface area contributed by atoms with Gasteiger partial charge in [0.15, 0.2) is 0 Å². The maximum Gasteiger partial charge on any atom is 0.0783 e. The number of thiol groups is 1. The molecule has 0 aliphatic heterocycles. The number of hydrogen-bond acceptors (Lipinski definition) is 3. The van der Waals surface area contributed by atoms with Gasteiger partial charge in [0.25, 0.3) is 0 Å². The van der Waals surface area contributed by atoms with Crippen LogP contribution in [0.25, 0.3) is 22.3 Å². The third kappa shape index (κ3) is 6.15. The number of nitrogens with zero attached hydrogens (tertiary/aromatic N) is 2. The SMILES string of the molecule is Sc1ccc(N(c2ccc3c(c2)C(c2ccccc2)(c2ccccc2)c2ccccc2-3)c2ccc3c(c2)C(c2ccccc2)(c2ccccc2)c2ccccc2-3)cc1N=Cc1ccccc1. The lowest BCUT2D eigenvalue weighted by Gasteiger charge is -2.36. The van der Waals surface area contributed by atoms with Crippen molar-refractivity contribution in [2.75, 3.05) is 4.90 Å². The molecule has 10 aromatic rings. The van der Waals surface area contributed by atoms with Crippen LogP contribution in [0.4, 0.5) is 22.7 Å². The fourth-order valence-electron chi connectivity index (χ4n) is 11.0. The van der Waals surface area contributed by atoms with Crippen LogP contribution in [-0.2, 0) is 10.8 Å². The maximum atomic E-state index is 5.05. The molecule has 0 atom stereocenters. The largest absolute Gasteiger partial charge is 0.310 e.